The number of hydrogen-bond acceptors (Lipinski definition) is 6. The van der Waals surface area contributed by atoms with Gasteiger partial charge in [0, 0.05) is 42.0 Å². The van der Waals surface area contributed by atoms with Crippen molar-refractivity contribution in [3.63, 3.8) is 0 Å². The average Bonchev–Trinajstić information content (AvgIpc) is 2.86. The first-order valence-corrected chi connectivity index (χ1v) is 11.7. The number of amides is 1. The molecule has 0 fully saturated rings. The van der Waals surface area contributed by atoms with Crippen LogP contribution >= 0.6 is 34.8 Å². The maximum Gasteiger partial charge on any atom is 0.279 e. The first-order chi connectivity index (χ1) is 17.3. The number of nitrogens with two attached hydrogens (primary N) is 1. The summed E-state index contributed by atoms with van der Waals surface area (Å²) in [5.41, 5.74) is 8.35. The van der Waals surface area contributed by atoms with E-state index in [1.165, 1.54) is 26.4 Å². The van der Waals surface area contributed by atoms with Gasteiger partial charge in [0.2, 0.25) is 5.88 Å². The molecule has 36 heavy (non-hydrogen) atoms. The van der Waals surface area contributed by atoms with Gasteiger partial charge in [-0.25, -0.2) is 9.67 Å². The topological polar surface area (TPSA) is 112 Å². The quantitative estimate of drug-likeness (QED) is 0.345. The standard InChI is InChI=1S/C25H20Cl3N5O3/c1-33-25(35)16(9-10-30-33)23(34)31-19-8-4-6-14(22(19)28)13-5-3-7-15(21(13)27)20-11-18(26)17(12-29)24(32-20)36-2/h3-11H,12,29H2,1-2H3,(H,31,34). The molecule has 8 nitrogen and oxygen atoms in total. The van der Waals surface area contributed by atoms with E-state index >= 15 is 0 Å². The number of aryl methyl sites for hydroxylation is 1. The van der Waals surface area contributed by atoms with E-state index in [-0.39, 0.29) is 17.1 Å². The minimum atomic E-state index is -0.608. The van der Waals surface area contributed by atoms with Gasteiger partial charge in [0.1, 0.15) is 5.56 Å². The zero-order valence-electron chi connectivity index (χ0n) is 19.2. The van der Waals surface area contributed by atoms with Crippen molar-refractivity contribution in [2.75, 3.05) is 12.4 Å². The summed E-state index contributed by atoms with van der Waals surface area (Å²) in [5, 5.41) is 7.55. The molecule has 0 aliphatic carbocycles. The van der Waals surface area contributed by atoms with Gasteiger partial charge in [-0.3, -0.25) is 9.59 Å². The number of ether oxygens (including phenoxy) is 1. The molecule has 3 N–H and O–H groups in total. The second-order valence-electron chi connectivity index (χ2n) is 7.64. The molecule has 0 spiro atoms. The van der Waals surface area contributed by atoms with E-state index in [4.69, 9.17) is 45.3 Å². The third-order valence-corrected chi connectivity index (χ3v) is 6.64. The molecular formula is C25H20Cl3N5O3. The van der Waals surface area contributed by atoms with Crippen molar-refractivity contribution in [3.05, 3.63) is 91.3 Å². The van der Waals surface area contributed by atoms with Gasteiger partial charge in [-0.05, 0) is 18.2 Å². The molecule has 4 rings (SSSR count). The van der Waals surface area contributed by atoms with E-state index in [0.717, 1.165) is 4.68 Å². The Morgan fingerprint density at radius 3 is 2.42 bits per heavy atom. The number of aromatic nitrogens is 3. The molecular weight excluding hydrogens is 525 g/mol. The van der Waals surface area contributed by atoms with E-state index < -0.39 is 11.5 Å². The van der Waals surface area contributed by atoms with E-state index in [2.05, 4.69) is 15.4 Å². The average molecular weight is 545 g/mol. The van der Waals surface area contributed by atoms with Crippen molar-refractivity contribution in [1.29, 1.82) is 0 Å². The molecule has 2 heterocycles. The number of methoxy groups -OCH3 is 1. The van der Waals surface area contributed by atoms with Crippen molar-refractivity contribution < 1.29 is 9.53 Å². The van der Waals surface area contributed by atoms with Crippen LogP contribution in [0.5, 0.6) is 5.88 Å². The number of nitrogens with one attached hydrogen (secondary N) is 1. The van der Waals surface area contributed by atoms with Gasteiger partial charge in [0.05, 0.1) is 33.6 Å². The van der Waals surface area contributed by atoms with Gasteiger partial charge in [0.25, 0.3) is 11.5 Å². The Bertz CT molecular complexity index is 1540. The lowest BCUT2D eigenvalue weighted by Crippen LogP contribution is -2.28. The summed E-state index contributed by atoms with van der Waals surface area (Å²) < 4.78 is 6.43. The lowest BCUT2D eigenvalue weighted by Gasteiger charge is -2.15. The predicted molar refractivity (Wildman–Crippen MR) is 142 cm³/mol. The number of nitrogens with zero attached hydrogens (tertiary/aromatic N) is 3. The van der Waals surface area contributed by atoms with Crippen molar-refractivity contribution in [1.82, 2.24) is 14.8 Å². The van der Waals surface area contributed by atoms with Crippen LogP contribution in [-0.2, 0) is 13.6 Å². The number of rotatable bonds is 6. The first-order valence-electron chi connectivity index (χ1n) is 10.6. The molecule has 0 aliphatic rings. The smallest absolute Gasteiger partial charge is 0.279 e. The van der Waals surface area contributed by atoms with Gasteiger partial charge >= 0.3 is 0 Å². The Hall–Kier alpha value is -3.43. The van der Waals surface area contributed by atoms with Gasteiger partial charge in [-0.1, -0.05) is 65.1 Å². The Labute approximate surface area is 221 Å². The molecule has 11 heteroatoms. The highest BCUT2D eigenvalue weighted by Crippen LogP contribution is 2.42. The molecule has 0 unspecified atom stereocenters. The molecule has 0 atom stereocenters. The number of hydrogen-bond donors (Lipinski definition) is 2. The molecule has 2 aromatic carbocycles. The van der Waals surface area contributed by atoms with Gasteiger partial charge in [-0.15, -0.1) is 0 Å². The van der Waals surface area contributed by atoms with E-state index in [9.17, 15) is 9.59 Å². The third kappa shape index (κ3) is 4.81. The fourth-order valence-electron chi connectivity index (χ4n) is 3.65. The third-order valence-electron chi connectivity index (χ3n) is 5.49. The van der Waals surface area contributed by atoms with Gasteiger partial charge in [0.15, 0.2) is 0 Å². The highest BCUT2D eigenvalue weighted by molar-refractivity contribution is 6.39. The molecule has 0 radical (unpaired) electrons. The fraction of sp³-hybridized carbons (Fsp3) is 0.120. The summed E-state index contributed by atoms with van der Waals surface area (Å²) in [6.45, 7) is 0.169. The number of halogens is 3. The molecule has 4 aromatic rings. The Morgan fingerprint density at radius 2 is 1.72 bits per heavy atom. The van der Waals surface area contributed by atoms with Crippen LogP contribution in [0.15, 0.2) is 59.5 Å². The highest BCUT2D eigenvalue weighted by Gasteiger charge is 2.19. The Morgan fingerprint density at radius 1 is 1.06 bits per heavy atom. The van der Waals surface area contributed by atoms with Crippen LogP contribution in [-0.4, -0.2) is 27.8 Å². The van der Waals surface area contributed by atoms with Gasteiger partial charge in [-0.2, -0.15) is 5.10 Å². The molecule has 1 amide bonds. The normalized spacial score (nSPS) is 10.8. The van der Waals surface area contributed by atoms with Crippen molar-refractivity contribution in [2.24, 2.45) is 12.8 Å². The summed E-state index contributed by atoms with van der Waals surface area (Å²) in [7, 11) is 2.95. The minimum Gasteiger partial charge on any atom is -0.481 e. The SMILES string of the molecule is COc1nc(-c2cccc(-c3cccc(NC(=O)c4ccnn(C)c4=O)c3Cl)c2Cl)cc(Cl)c1CN. The Kier molecular flexibility index (Phi) is 7.61. The fourth-order valence-corrected chi connectivity index (χ4v) is 4.51. The van der Waals surface area contributed by atoms with E-state index in [1.54, 1.807) is 42.5 Å². The molecule has 2 aromatic heterocycles. The summed E-state index contributed by atoms with van der Waals surface area (Å²) in [6, 6.07) is 13.5. The van der Waals surface area contributed by atoms with Crippen LogP contribution in [0.25, 0.3) is 22.4 Å². The van der Waals surface area contributed by atoms with Crippen molar-refractivity contribution in [3.8, 4) is 28.3 Å². The maximum absolute atomic E-state index is 12.8. The van der Waals surface area contributed by atoms with Crippen LogP contribution in [0.2, 0.25) is 15.1 Å². The number of pyridine rings is 1. The van der Waals surface area contributed by atoms with Crippen molar-refractivity contribution in [2.45, 2.75) is 6.54 Å². The predicted octanol–water partition coefficient (Wildman–Crippen LogP) is 5.19. The zero-order chi connectivity index (χ0) is 26.0. The molecule has 0 saturated carbocycles. The zero-order valence-corrected chi connectivity index (χ0v) is 21.4. The summed E-state index contributed by atoms with van der Waals surface area (Å²) in [6.07, 6.45) is 1.37. The maximum atomic E-state index is 12.8. The van der Waals surface area contributed by atoms with Crippen LogP contribution in [0.4, 0.5) is 5.69 Å². The number of benzene rings is 2. The van der Waals surface area contributed by atoms with E-state index in [1.807, 2.05) is 0 Å². The number of anilines is 1. The second kappa shape index (κ2) is 10.7. The molecule has 0 saturated heterocycles. The highest BCUT2D eigenvalue weighted by atomic mass is 35.5. The van der Waals surface area contributed by atoms with Crippen LogP contribution in [0.3, 0.4) is 0 Å². The van der Waals surface area contributed by atoms with Gasteiger partial charge < -0.3 is 15.8 Å². The summed E-state index contributed by atoms with van der Waals surface area (Å²) in [4.78, 5) is 29.5. The summed E-state index contributed by atoms with van der Waals surface area (Å²) in [5.74, 6) is -0.297. The number of carbonyl (C=O) groups excluding carboxylic acids is 1. The lowest BCUT2D eigenvalue weighted by atomic mass is 10.00. The van der Waals surface area contributed by atoms with Crippen LogP contribution in [0.1, 0.15) is 15.9 Å². The monoisotopic (exact) mass is 543 g/mol. The van der Waals surface area contributed by atoms with E-state index in [0.29, 0.717) is 49.6 Å². The second-order valence-corrected chi connectivity index (χ2v) is 8.81. The molecule has 0 aliphatic heterocycles. The van der Waals surface area contributed by atoms with Crippen molar-refractivity contribution >= 4 is 46.4 Å². The lowest BCUT2D eigenvalue weighted by molar-refractivity contribution is 0.102. The summed E-state index contributed by atoms with van der Waals surface area (Å²) >= 11 is 19.9. The Balaban J connectivity index is 1.75. The van der Waals surface area contributed by atoms with Crippen LogP contribution in [0, 0.1) is 0 Å². The molecule has 0 bridgehead atoms. The minimum absolute atomic E-state index is 0.0631. The molecule has 184 valence electrons. The number of carbonyl (C=O) groups is 1. The largest absolute Gasteiger partial charge is 0.481 e. The first kappa shape index (κ1) is 25.7. The van der Waals surface area contributed by atoms with Crippen LogP contribution < -0.4 is 21.3 Å².